The highest BCUT2D eigenvalue weighted by Crippen LogP contribution is 2.32. The number of nitrogens with one attached hydrogen (secondary N) is 1. The first-order valence-electron chi connectivity index (χ1n) is 8.18. The first-order chi connectivity index (χ1) is 12.2. The Morgan fingerprint density at radius 2 is 2.08 bits per heavy atom. The van der Waals surface area contributed by atoms with Gasteiger partial charge in [0.15, 0.2) is 0 Å². The Morgan fingerprint density at radius 3 is 2.84 bits per heavy atom. The van der Waals surface area contributed by atoms with Crippen LogP contribution >= 0.6 is 0 Å². The molecule has 0 unspecified atom stereocenters. The first-order valence-corrected chi connectivity index (χ1v) is 8.18. The SMILES string of the molecule is Cc1c([C@H]2OCC[C@@H]2Nc2nccc(-c3cnccn3)n2)cnn1C. The summed E-state index contributed by atoms with van der Waals surface area (Å²) in [5, 5.41) is 7.72. The molecular formula is C17H19N7O. The molecule has 1 N–H and O–H groups in total. The van der Waals surface area contributed by atoms with Crippen LogP contribution in [-0.2, 0) is 11.8 Å². The van der Waals surface area contributed by atoms with Crippen molar-refractivity contribution in [3.8, 4) is 11.4 Å². The van der Waals surface area contributed by atoms with Gasteiger partial charge in [-0.1, -0.05) is 0 Å². The van der Waals surface area contributed by atoms with Gasteiger partial charge in [0.1, 0.15) is 11.8 Å². The molecule has 4 rings (SSSR count). The number of hydrogen-bond acceptors (Lipinski definition) is 7. The predicted molar refractivity (Wildman–Crippen MR) is 91.7 cm³/mol. The molecule has 1 aliphatic heterocycles. The van der Waals surface area contributed by atoms with E-state index >= 15 is 0 Å². The van der Waals surface area contributed by atoms with E-state index in [1.54, 1.807) is 24.8 Å². The van der Waals surface area contributed by atoms with Gasteiger partial charge in [0.2, 0.25) is 5.95 Å². The van der Waals surface area contributed by atoms with Gasteiger partial charge >= 0.3 is 0 Å². The molecule has 8 heteroatoms. The van der Waals surface area contributed by atoms with Crippen molar-refractivity contribution >= 4 is 5.95 Å². The summed E-state index contributed by atoms with van der Waals surface area (Å²) in [4.78, 5) is 17.3. The molecule has 0 aliphatic carbocycles. The molecule has 3 aromatic heterocycles. The average Bonchev–Trinajstić information content (AvgIpc) is 3.23. The van der Waals surface area contributed by atoms with Crippen LogP contribution in [-0.4, -0.2) is 42.4 Å². The molecule has 0 bridgehead atoms. The lowest BCUT2D eigenvalue weighted by molar-refractivity contribution is 0.107. The summed E-state index contributed by atoms with van der Waals surface area (Å²) in [5.41, 5.74) is 3.66. The molecule has 8 nitrogen and oxygen atoms in total. The zero-order valence-electron chi connectivity index (χ0n) is 14.1. The van der Waals surface area contributed by atoms with E-state index in [1.165, 1.54) is 0 Å². The van der Waals surface area contributed by atoms with Crippen LogP contribution in [0.15, 0.2) is 37.1 Å². The van der Waals surface area contributed by atoms with Crippen molar-refractivity contribution in [1.82, 2.24) is 29.7 Å². The molecule has 0 radical (unpaired) electrons. The minimum Gasteiger partial charge on any atom is -0.371 e. The third-order valence-corrected chi connectivity index (χ3v) is 4.47. The van der Waals surface area contributed by atoms with Crippen molar-refractivity contribution in [2.24, 2.45) is 7.05 Å². The van der Waals surface area contributed by atoms with Gasteiger partial charge in [-0.2, -0.15) is 5.10 Å². The number of anilines is 1. The summed E-state index contributed by atoms with van der Waals surface area (Å²) in [7, 11) is 1.93. The van der Waals surface area contributed by atoms with Crippen molar-refractivity contribution in [3.05, 3.63) is 48.3 Å². The highest BCUT2D eigenvalue weighted by molar-refractivity contribution is 5.53. The molecule has 128 valence electrons. The van der Waals surface area contributed by atoms with Crippen LogP contribution in [0.4, 0.5) is 5.95 Å². The van der Waals surface area contributed by atoms with E-state index in [4.69, 9.17) is 4.74 Å². The summed E-state index contributed by atoms with van der Waals surface area (Å²) in [5.74, 6) is 0.560. The van der Waals surface area contributed by atoms with Crippen LogP contribution in [0.5, 0.6) is 0 Å². The van der Waals surface area contributed by atoms with Crippen LogP contribution in [0.25, 0.3) is 11.4 Å². The number of rotatable bonds is 4. The molecule has 0 amide bonds. The van der Waals surface area contributed by atoms with Gasteiger partial charge < -0.3 is 10.1 Å². The third-order valence-electron chi connectivity index (χ3n) is 4.47. The number of ether oxygens (including phenoxy) is 1. The predicted octanol–water partition coefficient (Wildman–Crippen LogP) is 1.92. The van der Waals surface area contributed by atoms with Gasteiger partial charge in [-0.15, -0.1) is 0 Å². The summed E-state index contributed by atoms with van der Waals surface area (Å²) < 4.78 is 7.80. The van der Waals surface area contributed by atoms with Gasteiger partial charge in [-0.25, -0.2) is 9.97 Å². The maximum atomic E-state index is 5.94. The minimum absolute atomic E-state index is 0.0579. The highest BCUT2D eigenvalue weighted by atomic mass is 16.5. The van der Waals surface area contributed by atoms with Gasteiger partial charge in [0, 0.05) is 43.5 Å². The fourth-order valence-electron chi connectivity index (χ4n) is 3.01. The zero-order chi connectivity index (χ0) is 17.2. The lowest BCUT2D eigenvalue weighted by Crippen LogP contribution is -2.24. The van der Waals surface area contributed by atoms with Crippen LogP contribution in [0.1, 0.15) is 23.8 Å². The van der Waals surface area contributed by atoms with Crippen molar-refractivity contribution in [1.29, 1.82) is 0 Å². The molecule has 0 saturated carbocycles. The normalized spacial score (nSPS) is 19.9. The van der Waals surface area contributed by atoms with E-state index < -0.39 is 0 Å². The van der Waals surface area contributed by atoms with E-state index in [0.717, 1.165) is 29.1 Å². The number of nitrogens with zero attached hydrogens (tertiary/aromatic N) is 6. The molecule has 1 saturated heterocycles. The van der Waals surface area contributed by atoms with E-state index in [-0.39, 0.29) is 12.1 Å². The average molecular weight is 337 g/mol. The van der Waals surface area contributed by atoms with Crippen LogP contribution in [0, 0.1) is 6.92 Å². The van der Waals surface area contributed by atoms with E-state index in [2.05, 4.69) is 30.4 Å². The maximum Gasteiger partial charge on any atom is 0.223 e. The highest BCUT2D eigenvalue weighted by Gasteiger charge is 2.32. The molecule has 3 aromatic rings. The second-order valence-corrected chi connectivity index (χ2v) is 6.00. The Bertz CT molecular complexity index is 864. The standard InChI is InChI=1S/C17H19N7O/c1-11-12(9-21-24(11)2)16-14(4-8-25-16)23-17-20-5-3-13(22-17)15-10-18-6-7-19-15/h3,5-7,9-10,14,16H,4,8H2,1-2H3,(H,20,22,23)/t14-,16+/m0/s1. The Morgan fingerprint density at radius 1 is 1.16 bits per heavy atom. The summed E-state index contributed by atoms with van der Waals surface area (Å²) >= 11 is 0. The fraction of sp³-hybridized carbons (Fsp3) is 0.353. The Hall–Kier alpha value is -2.87. The van der Waals surface area contributed by atoms with E-state index in [9.17, 15) is 0 Å². The lowest BCUT2D eigenvalue weighted by atomic mass is 10.0. The van der Waals surface area contributed by atoms with Gasteiger partial charge in [0.25, 0.3) is 0 Å². The number of aromatic nitrogens is 6. The fourth-order valence-corrected chi connectivity index (χ4v) is 3.01. The van der Waals surface area contributed by atoms with Crippen molar-refractivity contribution in [3.63, 3.8) is 0 Å². The Labute approximate surface area is 145 Å². The van der Waals surface area contributed by atoms with Crippen LogP contribution in [0.2, 0.25) is 0 Å². The van der Waals surface area contributed by atoms with Gasteiger partial charge in [-0.05, 0) is 19.4 Å². The van der Waals surface area contributed by atoms with Crippen molar-refractivity contribution in [2.75, 3.05) is 11.9 Å². The third kappa shape index (κ3) is 3.08. The molecular weight excluding hydrogens is 318 g/mol. The van der Waals surface area contributed by atoms with Crippen LogP contribution < -0.4 is 5.32 Å². The molecule has 1 aliphatic rings. The summed E-state index contributed by atoms with van der Waals surface area (Å²) in [6, 6.07) is 1.92. The molecule has 1 fully saturated rings. The lowest BCUT2D eigenvalue weighted by Gasteiger charge is -2.20. The largest absolute Gasteiger partial charge is 0.371 e. The minimum atomic E-state index is -0.0579. The topological polar surface area (TPSA) is 90.6 Å². The van der Waals surface area contributed by atoms with Gasteiger partial charge in [-0.3, -0.25) is 14.6 Å². The number of hydrogen-bond donors (Lipinski definition) is 1. The monoisotopic (exact) mass is 337 g/mol. The summed E-state index contributed by atoms with van der Waals surface area (Å²) in [6.07, 6.45) is 9.40. The molecule has 0 aromatic carbocycles. The molecule has 0 spiro atoms. The maximum absolute atomic E-state index is 5.94. The molecule has 25 heavy (non-hydrogen) atoms. The second kappa shape index (κ2) is 6.56. The van der Waals surface area contributed by atoms with E-state index in [0.29, 0.717) is 12.6 Å². The second-order valence-electron chi connectivity index (χ2n) is 6.00. The quantitative estimate of drug-likeness (QED) is 0.777. The molecule has 2 atom stereocenters. The summed E-state index contributed by atoms with van der Waals surface area (Å²) in [6.45, 7) is 2.74. The zero-order valence-corrected chi connectivity index (χ0v) is 14.1. The Balaban J connectivity index is 1.56. The number of aryl methyl sites for hydroxylation is 1. The van der Waals surface area contributed by atoms with Crippen LogP contribution in [0.3, 0.4) is 0 Å². The first kappa shape index (κ1) is 15.6. The molecule has 4 heterocycles. The Kier molecular flexibility index (Phi) is 4.10. The van der Waals surface area contributed by atoms with Crippen molar-refractivity contribution < 1.29 is 4.74 Å². The van der Waals surface area contributed by atoms with Crippen molar-refractivity contribution in [2.45, 2.75) is 25.5 Å². The smallest absolute Gasteiger partial charge is 0.223 e. The van der Waals surface area contributed by atoms with Gasteiger partial charge in [0.05, 0.1) is 24.1 Å². The van der Waals surface area contributed by atoms with E-state index in [1.807, 2.05) is 30.9 Å².